The Labute approximate surface area is 173 Å². The molecule has 4 rings (SSSR count). The lowest BCUT2D eigenvalue weighted by atomic mass is 10.1. The summed E-state index contributed by atoms with van der Waals surface area (Å²) in [5, 5.41) is 0.315. The highest BCUT2D eigenvalue weighted by Gasteiger charge is 2.28. The molecule has 1 aliphatic heterocycles. The molecule has 0 fully saturated rings. The number of rotatable bonds is 4. The van der Waals surface area contributed by atoms with Gasteiger partial charge in [0, 0.05) is 17.3 Å². The van der Waals surface area contributed by atoms with E-state index in [2.05, 4.69) is 4.72 Å². The van der Waals surface area contributed by atoms with E-state index in [9.17, 15) is 13.2 Å². The Kier molecular flexibility index (Phi) is 4.94. The van der Waals surface area contributed by atoms with Crippen LogP contribution in [0.2, 0.25) is 5.02 Å². The number of nitrogens with zero attached hydrogens (tertiary/aromatic N) is 1. The van der Waals surface area contributed by atoms with Crippen LogP contribution in [0.4, 0.5) is 11.4 Å². The Morgan fingerprint density at radius 1 is 1.00 bits per heavy atom. The first kappa shape index (κ1) is 19.3. The number of para-hydroxylation sites is 2. The summed E-state index contributed by atoms with van der Waals surface area (Å²) in [7, 11) is -3.86. The first-order valence-corrected chi connectivity index (χ1v) is 10.8. The molecule has 1 aliphatic rings. The van der Waals surface area contributed by atoms with Gasteiger partial charge in [-0.25, -0.2) is 8.42 Å². The molecule has 1 amide bonds. The number of halogens is 1. The predicted octanol–water partition coefficient (Wildman–Crippen LogP) is 4.91. The molecule has 0 aliphatic carbocycles. The molecule has 3 aromatic rings. The van der Waals surface area contributed by atoms with Gasteiger partial charge in [0.15, 0.2) is 5.75 Å². The van der Waals surface area contributed by atoms with Crippen LogP contribution >= 0.6 is 11.6 Å². The molecule has 0 aromatic heterocycles. The Hall–Kier alpha value is -3.03. The van der Waals surface area contributed by atoms with Gasteiger partial charge in [-0.3, -0.25) is 9.52 Å². The highest BCUT2D eigenvalue weighted by Crippen LogP contribution is 2.39. The lowest BCUT2D eigenvalue weighted by molar-refractivity contribution is 0.0988. The number of sulfonamides is 1. The quantitative estimate of drug-likeness (QED) is 0.640. The minimum Gasteiger partial charge on any atom is -0.454 e. The molecule has 0 radical (unpaired) electrons. The van der Waals surface area contributed by atoms with E-state index in [1.165, 1.54) is 18.2 Å². The maximum Gasteiger partial charge on any atom is 0.262 e. The molecule has 29 heavy (non-hydrogen) atoms. The van der Waals surface area contributed by atoms with Crippen LogP contribution in [0.3, 0.4) is 0 Å². The number of nitrogens with one attached hydrogen (secondary N) is 1. The van der Waals surface area contributed by atoms with Gasteiger partial charge in [0.05, 0.1) is 16.1 Å². The van der Waals surface area contributed by atoms with Gasteiger partial charge in [-0.15, -0.1) is 0 Å². The third-order valence-electron chi connectivity index (χ3n) is 4.51. The topological polar surface area (TPSA) is 75.7 Å². The molecule has 0 bridgehead atoms. The van der Waals surface area contributed by atoms with Gasteiger partial charge in [0.25, 0.3) is 15.9 Å². The summed E-state index contributed by atoms with van der Waals surface area (Å²) < 4.78 is 33.8. The minimum atomic E-state index is -3.86. The van der Waals surface area contributed by atoms with Gasteiger partial charge in [-0.2, -0.15) is 0 Å². The number of ether oxygens (including phenoxy) is 1. The smallest absolute Gasteiger partial charge is 0.262 e. The highest BCUT2D eigenvalue weighted by molar-refractivity contribution is 7.92. The predicted molar refractivity (Wildman–Crippen MR) is 113 cm³/mol. The maximum absolute atomic E-state index is 13.1. The average molecular weight is 429 g/mol. The molecule has 8 heteroatoms. The van der Waals surface area contributed by atoms with E-state index in [0.29, 0.717) is 28.8 Å². The van der Waals surface area contributed by atoms with Crippen LogP contribution in [0.1, 0.15) is 17.3 Å². The number of fused-ring (bicyclic) bond motifs is 2. The summed E-state index contributed by atoms with van der Waals surface area (Å²) in [5.41, 5.74) is 1.19. The fourth-order valence-corrected chi connectivity index (χ4v) is 4.50. The van der Waals surface area contributed by atoms with Crippen LogP contribution < -0.4 is 14.4 Å². The lowest BCUT2D eigenvalue weighted by Gasteiger charge is -2.20. The number of hydrogen-bond donors (Lipinski definition) is 1. The van der Waals surface area contributed by atoms with Crippen molar-refractivity contribution >= 4 is 38.9 Å². The van der Waals surface area contributed by atoms with Crippen molar-refractivity contribution in [2.45, 2.75) is 11.8 Å². The fraction of sp³-hybridized carbons (Fsp3) is 0.0952. The summed E-state index contributed by atoms with van der Waals surface area (Å²) in [4.78, 5) is 14.7. The number of hydrogen-bond acceptors (Lipinski definition) is 4. The molecule has 1 heterocycles. The largest absolute Gasteiger partial charge is 0.454 e. The van der Waals surface area contributed by atoms with Crippen LogP contribution in [0.15, 0.2) is 71.6 Å². The normalized spacial score (nSPS) is 13.2. The van der Waals surface area contributed by atoms with E-state index in [1.807, 2.05) is 25.1 Å². The van der Waals surface area contributed by atoms with Gasteiger partial charge in [-0.05, 0) is 55.5 Å². The Morgan fingerprint density at radius 3 is 2.55 bits per heavy atom. The summed E-state index contributed by atoms with van der Waals surface area (Å²) in [6.45, 7) is 2.31. The van der Waals surface area contributed by atoms with Crippen molar-refractivity contribution in [3.05, 3.63) is 77.3 Å². The second kappa shape index (κ2) is 7.42. The van der Waals surface area contributed by atoms with Crippen LogP contribution in [-0.4, -0.2) is 20.9 Å². The van der Waals surface area contributed by atoms with E-state index in [1.54, 1.807) is 35.2 Å². The van der Waals surface area contributed by atoms with Crippen molar-refractivity contribution in [2.75, 3.05) is 16.2 Å². The monoisotopic (exact) mass is 428 g/mol. The second-order valence-electron chi connectivity index (χ2n) is 6.39. The minimum absolute atomic E-state index is 0.0325. The molecule has 6 nitrogen and oxygen atoms in total. The zero-order chi connectivity index (χ0) is 20.6. The molecule has 0 spiro atoms. The van der Waals surface area contributed by atoms with Gasteiger partial charge in [0.2, 0.25) is 0 Å². The number of anilines is 2. The molecule has 0 atom stereocenters. The maximum atomic E-state index is 13.1. The van der Waals surface area contributed by atoms with Crippen molar-refractivity contribution < 1.29 is 17.9 Å². The Morgan fingerprint density at radius 2 is 1.79 bits per heavy atom. The van der Waals surface area contributed by atoms with Crippen LogP contribution in [0.5, 0.6) is 11.5 Å². The summed E-state index contributed by atoms with van der Waals surface area (Å²) >= 11 is 5.90. The van der Waals surface area contributed by atoms with Crippen LogP contribution in [0.25, 0.3) is 0 Å². The first-order chi connectivity index (χ1) is 13.9. The standard InChI is InChI=1S/C21H17ClN2O4S/c1-2-24-18-8-3-4-9-20(18)28-19-11-10-15(13-17(19)21(24)25)23-29(26,27)16-7-5-6-14(22)12-16/h3-13,23H,2H2,1H3. The van der Waals surface area contributed by atoms with Crippen molar-refractivity contribution in [2.24, 2.45) is 0 Å². The number of benzene rings is 3. The zero-order valence-corrected chi connectivity index (χ0v) is 17.0. The summed E-state index contributed by atoms with van der Waals surface area (Å²) in [6, 6.07) is 17.8. The third kappa shape index (κ3) is 3.66. The van der Waals surface area contributed by atoms with E-state index in [-0.39, 0.29) is 22.1 Å². The van der Waals surface area contributed by atoms with Crippen molar-refractivity contribution in [1.82, 2.24) is 0 Å². The van der Waals surface area contributed by atoms with Crippen molar-refractivity contribution in [3.63, 3.8) is 0 Å². The SMILES string of the molecule is CCN1C(=O)c2cc(NS(=O)(=O)c3cccc(Cl)c3)ccc2Oc2ccccc21. The zero-order valence-electron chi connectivity index (χ0n) is 15.4. The molecule has 1 N–H and O–H groups in total. The first-order valence-electron chi connectivity index (χ1n) is 8.90. The average Bonchev–Trinajstić information content (AvgIpc) is 2.81. The number of carbonyl (C=O) groups is 1. The summed E-state index contributed by atoms with van der Waals surface area (Å²) in [6.07, 6.45) is 0. The third-order valence-corrected chi connectivity index (χ3v) is 6.12. The molecule has 0 unspecified atom stereocenters. The van der Waals surface area contributed by atoms with E-state index >= 15 is 0 Å². The fourth-order valence-electron chi connectivity index (χ4n) is 3.15. The van der Waals surface area contributed by atoms with Crippen LogP contribution in [0, 0.1) is 0 Å². The molecule has 148 valence electrons. The number of carbonyl (C=O) groups excluding carboxylic acids is 1. The van der Waals surface area contributed by atoms with Gasteiger partial charge < -0.3 is 9.64 Å². The van der Waals surface area contributed by atoms with E-state index < -0.39 is 10.0 Å². The molecule has 0 saturated heterocycles. The lowest BCUT2D eigenvalue weighted by Crippen LogP contribution is -2.29. The summed E-state index contributed by atoms with van der Waals surface area (Å²) in [5.74, 6) is 0.661. The Balaban J connectivity index is 1.73. The molecular weight excluding hydrogens is 412 g/mol. The van der Waals surface area contributed by atoms with E-state index in [0.717, 1.165) is 0 Å². The van der Waals surface area contributed by atoms with Gasteiger partial charge in [-0.1, -0.05) is 29.8 Å². The Bertz CT molecular complexity index is 1210. The molecule has 3 aromatic carbocycles. The van der Waals surface area contributed by atoms with Crippen molar-refractivity contribution in [3.8, 4) is 11.5 Å². The van der Waals surface area contributed by atoms with E-state index in [4.69, 9.17) is 16.3 Å². The molecule has 0 saturated carbocycles. The second-order valence-corrected chi connectivity index (χ2v) is 8.51. The number of amides is 1. The van der Waals surface area contributed by atoms with Gasteiger partial charge in [0.1, 0.15) is 5.75 Å². The van der Waals surface area contributed by atoms with Gasteiger partial charge >= 0.3 is 0 Å². The van der Waals surface area contributed by atoms with Crippen molar-refractivity contribution in [1.29, 1.82) is 0 Å². The highest BCUT2D eigenvalue weighted by atomic mass is 35.5. The van der Waals surface area contributed by atoms with Crippen LogP contribution in [-0.2, 0) is 10.0 Å². The molecular formula is C21H17ClN2O4S.